The molecule has 3 aromatic rings. The van der Waals surface area contributed by atoms with Crippen LogP contribution in [0.15, 0.2) is 59.8 Å². The van der Waals surface area contributed by atoms with Gasteiger partial charge in [0.05, 0.1) is 12.0 Å². The second-order valence-corrected chi connectivity index (χ2v) is 8.52. The molecule has 1 aromatic heterocycles. The van der Waals surface area contributed by atoms with E-state index in [1.54, 1.807) is 37.5 Å². The van der Waals surface area contributed by atoms with Crippen LogP contribution in [0.1, 0.15) is 16.7 Å². The zero-order valence-corrected chi connectivity index (χ0v) is 17.4. The smallest absolute Gasteiger partial charge is 0.240 e. The maximum Gasteiger partial charge on any atom is 0.240 e. The molecule has 1 heterocycles. The average molecular weight is 415 g/mol. The summed E-state index contributed by atoms with van der Waals surface area (Å²) in [5.41, 5.74) is 3.83. The number of methoxy groups -OCH3 is 1. The molecule has 0 atom stereocenters. The number of aromatic nitrogens is 1. The van der Waals surface area contributed by atoms with E-state index >= 15 is 0 Å². The maximum atomic E-state index is 13.5. The fraction of sp³-hybridized carbons (Fsp3) is 0.227. The third-order valence-corrected chi connectivity index (χ3v) is 6.30. The molecular formula is C22H23FN2O3S. The first-order chi connectivity index (χ1) is 13.8. The molecular weight excluding hydrogens is 391 g/mol. The van der Waals surface area contributed by atoms with E-state index in [0.29, 0.717) is 23.3 Å². The number of pyridine rings is 1. The first-order valence-corrected chi connectivity index (χ1v) is 10.6. The highest BCUT2D eigenvalue weighted by Crippen LogP contribution is 2.35. The van der Waals surface area contributed by atoms with Crippen LogP contribution in [-0.2, 0) is 16.4 Å². The number of hydrogen-bond acceptors (Lipinski definition) is 4. The van der Waals surface area contributed by atoms with Gasteiger partial charge in [-0.3, -0.25) is 4.98 Å². The van der Waals surface area contributed by atoms with Crippen molar-refractivity contribution in [3.8, 4) is 16.9 Å². The Morgan fingerprint density at radius 1 is 1.07 bits per heavy atom. The van der Waals surface area contributed by atoms with Crippen LogP contribution in [0.5, 0.6) is 5.75 Å². The molecule has 0 aliphatic rings. The molecule has 0 fully saturated rings. The van der Waals surface area contributed by atoms with E-state index in [2.05, 4.69) is 9.71 Å². The lowest BCUT2D eigenvalue weighted by Gasteiger charge is -2.15. The minimum atomic E-state index is -3.67. The Bertz CT molecular complexity index is 1120. The van der Waals surface area contributed by atoms with E-state index in [4.69, 9.17) is 4.74 Å². The summed E-state index contributed by atoms with van der Waals surface area (Å²) in [7, 11) is -2.19. The van der Waals surface area contributed by atoms with Crippen molar-refractivity contribution in [3.05, 3.63) is 77.4 Å². The van der Waals surface area contributed by atoms with Crippen LogP contribution in [-0.4, -0.2) is 27.1 Å². The summed E-state index contributed by atoms with van der Waals surface area (Å²) < 4.78 is 47.1. The average Bonchev–Trinajstić information content (AvgIpc) is 2.70. The molecule has 0 amide bonds. The summed E-state index contributed by atoms with van der Waals surface area (Å²) in [4.78, 5) is 4.26. The second kappa shape index (κ2) is 8.71. The van der Waals surface area contributed by atoms with Crippen molar-refractivity contribution in [2.24, 2.45) is 0 Å². The molecule has 2 aromatic carbocycles. The van der Waals surface area contributed by atoms with Crippen molar-refractivity contribution in [1.29, 1.82) is 0 Å². The van der Waals surface area contributed by atoms with Gasteiger partial charge in [0.25, 0.3) is 0 Å². The summed E-state index contributed by atoms with van der Waals surface area (Å²) in [6.07, 6.45) is 3.95. The van der Waals surface area contributed by atoms with Gasteiger partial charge in [-0.1, -0.05) is 6.07 Å². The first kappa shape index (κ1) is 21.0. The second-order valence-electron chi connectivity index (χ2n) is 6.79. The minimum absolute atomic E-state index is 0.228. The van der Waals surface area contributed by atoms with Crippen LogP contribution >= 0.6 is 0 Å². The van der Waals surface area contributed by atoms with Gasteiger partial charge in [0.1, 0.15) is 11.6 Å². The third kappa shape index (κ3) is 4.81. The molecule has 29 heavy (non-hydrogen) atoms. The molecule has 0 radical (unpaired) electrons. The zero-order valence-electron chi connectivity index (χ0n) is 16.6. The van der Waals surface area contributed by atoms with Gasteiger partial charge in [-0.25, -0.2) is 17.5 Å². The summed E-state index contributed by atoms with van der Waals surface area (Å²) in [5, 5.41) is 0. The lowest BCUT2D eigenvalue weighted by Crippen LogP contribution is -2.26. The Balaban J connectivity index is 1.87. The van der Waals surface area contributed by atoms with E-state index in [0.717, 1.165) is 16.7 Å². The molecule has 0 bridgehead atoms. The Labute approximate surface area is 170 Å². The van der Waals surface area contributed by atoms with Crippen LogP contribution in [0, 0.1) is 19.7 Å². The number of rotatable bonds is 7. The van der Waals surface area contributed by atoms with Crippen molar-refractivity contribution in [2.45, 2.75) is 25.2 Å². The van der Waals surface area contributed by atoms with Gasteiger partial charge in [-0.05, 0) is 72.9 Å². The molecule has 1 N–H and O–H groups in total. The van der Waals surface area contributed by atoms with Gasteiger partial charge >= 0.3 is 0 Å². The van der Waals surface area contributed by atoms with Crippen LogP contribution in [0.2, 0.25) is 0 Å². The largest absolute Gasteiger partial charge is 0.496 e. The molecule has 0 spiro atoms. The van der Waals surface area contributed by atoms with Crippen molar-refractivity contribution in [1.82, 2.24) is 9.71 Å². The number of benzene rings is 2. The Morgan fingerprint density at radius 2 is 1.86 bits per heavy atom. The van der Waals surface area contributed by atoms with Gasteiger partial charge in [0.15, 0.2) is 0 Å². The highest BCUT2D eigenvalue weighted by molar-refractivity contribution is 7.89. The lowest BCUT2D eigenvalue weighted by atomic mass is 9.97. The highest BCUT2D eigenvalue weighted by atomic mass is 32.2. The predicted octanol–water partition coefficient (Wildman–Crippen LogP) is 4.03. The number of ether oxygens (including phenoxy) is 1. The van der Waals surface area contributed by atoms with E-state index in [1.807, 2.05) is 19.1 Å². The van der Waals surface area contributed by atoms with Gasteiger partial charge in [-0.15, -0.1) is 0 Å². The Hall–Kier alpha value is -2.77. The summed E-state index contributed by atoms with van der Waals surface area (Å²) in [5.74, 6) is 0.00897. The fourth-order valence-electron chi connectivity index (χ4n) is 3.21. The molecule has 152 valence electrons. The molecule has 7 heteroatoms. The van der Waals surface area contributed by atoms with E-state index < -0.39 is 15.8 Å². The molecule has 0 unspecified atom stereocenters. The fourth-order valence-corrected chi connectivity index (χ4v) is 4.55. The number of aryl methyl sites for hydroxylation is 2. The van der Waals surface area contributed by atoms with E-state index in [-0.39, 0.29) is 11.4 Å². The number of hydrogen-bond donors (Lipinski definition) is 1. The highest BCUT2D eigenvalue weighted by Gasteiger charge is 2.19. The standard InChI is InChI=1S/C22H23FN2O3S/c1-15-12-22(29(26,27)25-10-8-17-5-4-9-24-14-17)16(2)11-20(15)19-7-6-18(23)13-21(19)28-3/h4-7,9,11-14,25H,8,10H2,1-3H3. The summed E-state index contributed by atoms with van der Waals surface area (Å²) in [6.45, 7) is 3.85. The molecule has 3 rings (SSSR count). The monoisotopic (exact) mass is 414 g/mol. The molecule has 0 aliphatic heterocycles. The summed E-state index contributed by atoms with van der Waals surface area (Å²) >= 11 is 0. The van der Waals surface area contributed by atoms with Gasteiger partial charge < -0.3 is 4.74 Å². The predicted molar refractivity (Wildman–Crippen MR) is 111 cm³/mol. The Morgan fingerprint density at radius 3 is 2.55 bits per heavy atom. The lowest BCUT2D eigenvalue weighted by molar-refractivity contribution is 0.413. The van der Waals surface area contributed by atoms with E-state index in [1.165, 1.54) is 19.2 Å². The maximum absolute atomic E-state index is 13.5. The normalized spacial score (nSPS) is 11.4. The topological polar surface area (TPSA) is 68.3 Å². The summed E-state index contributed by atoms with van der Waals surface area (Å²) in [6, 6.07) is 11.5. The van der Waals surface area contributed by atoms with Crippen molar-refractivity contribution >= 4 is 10.0 Å². The molecule has 0 aliphatic carbocycles. The SMILES string of the molecule is COc1cc(F)ccc1-c1cc(C)c(S(=O)(=O)NCCc2cccnc2)cc1C. The van der Waals surface area contributed by atoms with Gasteiger partial charge in [0, 0.05) is 30.6 Å². The van der Waals surface area contributed by atoms with Crippen LogP contribution in [0.3, 0.4) is 0 Å². The van der Waals surface area contributed by atoms with Crippen molar-refractivity contribution in [3.63, 3.8) is 0 Å². The number of nitrogens with one attached hydrogen (secondary N) is 1. The van der Waals surface area contributed by atoms with Gasteiger partial charge in [0.2, 0.25) is 10.0 Å². The van der Waals surface area contributed by atoms with E-state index in [9.17, 15) is 12.8 Å². The van der Waals surface area contributed by atoms with Crippen molar-refractivity contribution < 1.29 is 17.5 Å². The van der Waals surface area contributed by atoms with Crippen molar-refractivity contribution in [2.75, 3.05) is 13.7 Å². The Kier molecular flexibility index (Phi) is 6.30. The zero-order chi connectivity index (χ0) is 21.0. The number of sulfonamides is 1. The van der Waals surface area contributed by atoms with Crippen LogP contribution in [0.25, 0.3) is 11.1 Å². The quantitative estimate of drug-likeness (QED) is 0.634. The molecule has 0 saturated carbocycles. The number of nitrogens with zero attached hydrogens (tertiary/aromatic N) is 1. The minimum Gasteiger partial charge on any atom is -0.496 e. The van der Waals surface area contributed by atoms with Crippen LogP contribution in [0.4, 0.5) is 4.39 Å². The number of halogens is 1. The first-order valence-electron chi connectivity index (χ1n) is 9.15. The molecule has 0 saturated heterocycles. The third-order valence-electron chi connectivity index (χ3n) is 4.69. The van der Waals surface area contributed by atoms with Gasteiger partial charge in [-0.2, -0.15) is 0 Å². The molecule has 5 nitrogen and oxygen atoms in total. The van der Waals surface area contributed by atoms with Crippen LogP contribution < -0.4 is 9.46 Å².